The Labute approximate surface area is 187 Å². The molecule has 2 fully saturated rings. The first-order valence-electron chi connectivity index (χ1n) is 9.23. The Kier molecular flexibility index (Phi) is 8.28. The second-order valence-electron chi connectivity index (χ2n) is 7.37. The summed E-state index contributed by atoms with van der Waals surface area (Å²) in [6.07, 6.45) is -3.48. The van der Waals surface area contributed by atoms with Crippen LogP contribution in [0.2, 0.25) is 5.02 Å². The van der Waals surface area contributed by atoms with Gasteiger partial charge in [-0.3, -0.25) is 4.79 Å². The van der Waals surface area contributed by atoms with Crippen molar-refractivity contribution in [3.63, 3.8) is 0 Å². The molecule has 0 bridgehead atoms. The smallest absolute Gasteiger partial charge is 0.475 e. The molecule has 0 saturated carbocycles. The molecule has 1 spiro atoms. The van der Waals surface area contributed by atoms with Gasteiger partial charge >= 0.3 is 12.1 Å². The van der Waals surface area contributed by atoms with E-state index >= 15 is 0 Å². The van der Waals surface area contributed by atoms with Crippen LogP contribution >= 0.6 is 23.4 Å². The Balaban J connectivity index is 0.000000423. The quantitative estimate of drug-likeness (QED) is 0.612. The fourth-order valence-electron chi connectivity index (χ4n) is 3.36. The van der Waals surface area contributed by atoms with Crippen molar-refractivity contribution < 1.29 is 36.3 Å². The van der Waals surface area contributed by atoms with E-state index in [2.05, 4.69) is 5.32 Å². The van der Waals surface area contributed by atoms with Crippen molar-refractivity contribution in [3.8, 4) is 0 Å². The van der Waals surface area contributed by atoms with Gasteiger partial charge in [0.15, 0.2) is 0 Å². The predicted molar refractivity (Wildman–Crippen MR) is 110 cm³/mol. The topological polar surface area (TPSA) is 104 Å². The van der Waals surface area contributed by atoms with E-state index in [1.165, 1.54) is 11.8 Å². The molecule has 13 heteroatoms. The van der Waals surface area contributed by atoms with Gasteiger partial charge in [0.1, 0.15) is 0 Å². The van der Waals surface area contributed by atoms with Crippen LogP contribution in [0.5, 0.6) is 0 Å². The van der Waals surface area contributed by atoms with Gasteiger partial charge in [0, 0.05) is 21.9 Å². The Morgan fingerprint density at radius 1 is 1.23 bits per heavy atom. The van der Waals surface area contributed by atoms with Crippen molar-refractivity contribution in [2.45, 2.75) is 36.1 Å². The van der Waals surface area contributed by atoms with Gasteiger partial charge in [-0.15, -0.1) is 11.8 Å². The molecule has 1 atom stereocenters. The summed E-state index contributed by atoms with van der Waals surface area (Å²) in [4.78, 5) is 22.5. The lowest BCUT2D eigenvalue weighted by atomic mass is 9.81. The average molecular weight is 503 g/mol. The number of carbonyl (C=O) groups excluding carboxylic acids is 1. The Hall–Kier alpha value is -1.50. The first-order chi connectivity index (χ1) is 14.3. The number of thioether (sulfide) groups is 1. The van der Waals surface area contributed by atoms with Crippen molar-refractivity contribution >= 4 is 45.3 Å². The van der Waals surface area contributed by atoms with Crippen molar-refractivity contribution in [1.82, 2.24) is 9.62 Å². The van der Waals surface area contributed by atoms with Gasteiger partial charge in [0.2, 0.25) is 15.9 Å². The zero-order valence-corrected chi connectivity index (χ0v) is 18.9. The number of nitrogens with zero attached hydrogens (tertiary/aromatic N) is 1. The van der Waals surface area contributed by atoms with Crippen molar-refractivity contribution in [1.29, 1.82) is 0 Å². The Bertz CT molecular complexity index is 904. The van der Waals surface area contributed by atoms with E-state index in [9.17, 15) is 26.4 Å². The summed E-state index contributed by atoms with van der Waals surface area (Å²) in [5, 5.41) is 10.6. The summed E-state index contributed by atoms with van der Waals surface area (Å²) in [7, 11) is -3.52. The minimum atomic E-state index is -5.08. The zero-order chi connectivity index (χ0) is 23.4. The highest BCUT2D eigenvalue weighted by molar-refractivity contribution is 8.00. The Morgan fingerprint density at radius 2 is 1.74 bits per heavy atom. The summed E-state index contributed by atoms with van der Waals surface area (Å²) < 4.78 is 57.9. The maximum Gasteiger partial charge on any atom is 0.490 e. The molecular weight excluding hydrogens is 481 g/mol. The average Bonchev–Trinajstić information content (AvgIpc) is 2.93. The molecule has 0 radical (unpaired) electrons. The monoisotopic (exact) mass is 502 g/mol. The summed E-state index contributed by atoms with van der Waals surface area (Å²) in [5.74, 6) is -3.00. The normalized spacial score (nSPS) is 20.6. The van der Waals surface area contributed by atoms with E-state index in [0.717, 1.165) is 35.1 Å². The third-order valence-electron chi connectivity index (χ3n) is 4.93. The summed E-state index contributed by atoms with van der Waals surface area (Å²) >= 11 is 7.22. The number of aliphatic carboxylic acids is 1. The predicted octanol–water partition coefficient (Wildman–Crippen LogP) is 3.00. The van der Waals surface area contributed by atoms with Gasteiger partial charge in [-0.05, 0) is 57.1 Å². The van der Waals surface area contributed by atoms with E-state index in [1.54, 1.807) is 19.1 Å². The molecule has 1 unspecified atom stereocenters. The number of carboxylic acids is 1. The van der Waals surface area contributed by atoms with Crippen LogP contribution in [0.4, 0.5) is 13.2 Å². The van der Waals surface area contributed by atoms with Crippen LogP contribution < -0.4 is 5.32 Å². The molecule has 174 valence electrons. The Morgan fingerprint density at radius 3 is 2.23 bits per heavy atom. The lowest BCUT2D eigenvalue weighted by Gasteiger charge is -2.32. The van der Waals surface area contributed by atoms with Crippen LogP contribution in [0.1, 0.15) is 19.8 Å². The number of amides is 1. The van der Waals surface area contributed by atoms with Crippen LogP contribution in [0.15, 0.2) is 29.2 Å². The molecule has 2 N–H and O–H groups in total. The molecular formula is C18H22ClF3N2O5S2. The van der Waals surface area contributed by atoms with Crippen molar-refractivity contribution in [2.24, 2.45) is 5.41 Å². The number of carbonyl (C=O) groups is 2. The number of benzene rings is 1. The first-order valence-corrected chi connectivity index (χ1v) is 12.1. The van der Waals surface area contributed by atoms with E-state index in [4.69, 9.17) is 21.5 Å². The number of alkyl halides is 3. The molecule has 2 saturated heterocycles. The fraction of sp³-hybridized carbons (Fsp3) is 0.556. The maximum absolute atomic E-state index is 12.7. The van der Waals surface area contributed by atoms with Crippen LogP contribution in [0, 0.1) is 5.41 Å². The fourth-order valence-corrected chi connectivity index (χ4v) is 6.69. The van der Waals surface area contributed by atoms with Gasteiger partial charge in [-0.25, -0.2) is 17.5 Å². The third kappa shape index (κ3) is 6.99. The SMILES string of the molecule is CC(Sc1ccc(Cl)cc1)C(=O)N1CC2(CCNCC2)CS1(=O)=O.O=C(O)C(F)(F)F. The molecule has 31 heavy (non-hydrogen) atoms. The van der Waals surface area contributed by atoms with Crippen molar-refractivity contribution in [3.05, 3.63) is 29.3 Å². The van der Waals surface area contributed by atoms with Crippen LogP contribution in [-0.2, 0) is 19.6 Å². The summed E-state index contributed by atoms with van der Waals surface area (Å²) in [6, 6.07) is 7.20. The molecule has 0 aliphatic carbocycles. The summed E-state index contributed by atoms with van der Waals surface area (Å²) in [6.45, 7) is 3.70. The molecule has 3 rings (SSSR count). The second kappa shape index (κ2) is 9.97. The second-order valence-corrected chi connectivity index (χ2v) is 11.1. The molecule has 2 aliphatic rings. The number of hydrogen-bond acceptors (Lipinski definition) is 6. The van der Waals surface area contributed by atoms with E-state index < -0.39 is 27.4 Å². The molecule has 1 amide bonds. The van der Waals surface area contributed by atoms with Crippen LogP contribution in [-0.4, -0.2) is 66.5 Å². The van der Waals surface area contributed by atoms with Gasteiger partial charge < -0.3 is 10.4 Å². The molecule has 1 aromatic rings. The van der Waals surface area contributed by atoms with Gasteiger partial charge in [0.25, 0.3) is 0 Å². The number of piperidine rings is 1. The minimum Gasteiger partial charge on any atom is -0.475 e. The van der Waals surface area contributed by atoms with Crippen LogP contribution in [0.3, 0.4) is 0 Å². The lowest BCUT2D eigenvalue weighted by Crippen LogP contribution is -2.42. The third-order valence-corrected chi connectivity index (χ3v) is 8.24. The van der Waals surface area contributed by atoms with Gasteiger partial charge in [-0.1, -0.05) is 11.6 Å². The largest absolute Gasteiger partial charge is 0.490 e. The van der Waals surface area contributed by atoms with E-state index in [1.807, 2.05) is 12.1 Å². The number of rotatable bonds is 3. The van der Waals surface area contributed by atoms with E-state index in [-0.39, 0.29) is 17.1 Å². The maximum atomic E-state index is 12.7. The molecule has 0 aromatic heterocycles. The van der Waals surface area contributed by atoms with Crippen LogP contribution in [0.25, 0.3) is 0 Å². The molecule has 2 heterocycles. The first kappa shape index (κ1) is 25.8. The van der Waals surface area contributed by atoms with Gasteiger partial charge in [0.05, 0.1) is 11.0 Å². The lowest BCUT2D eigenvalue weighted by molar-refractivity contribution is -0.192. The highest BCUT2D eigenvalue weighted by atomic mass is 35.5. The molecule has 7 nitrogen and oxygen atoms in total. The number of halogens is 4. The number of sulfonamides is 1. The highest BCUT2D eigenvalue weighted by Crippen LogP contribution is 2.40. The summed E-state index contributed by atoms with van der Waals surface area (Å²) in [5.41, 5.74) is -0.273. The number of carboxylic acid groups (broad SMARTS) is 1. The van der Waals surface area contributed by atoms with E-state index in [0.29, 0.717) is 11.6 Å². The molecule has 1 aromatic carbocycles. The number of hydrogen-bond donors (Lipinski definition) is 2. The highest BCUT2D eigenvalue weighted by Gasteiger charge is 2.50. The minimum absolute atomic E-state index is 0.0890. The van der Waals surface area contributed by atoms with Crippen molar-refractivity contribution in [2.75, 3.05) is 25.4 Å². The number of nitrogens with one attached hydrogen (secondary N) is 1. The molecule has 2 aliphatic heterocycles. The van der Waals surface area contributed by atoms with Gasteiger partial charge in [-0.2, -0.15) is 13.2 Å². The zero-order valence-electron chi connectivity index (χ0n) is 16.5. The standard InChI is InChI=1S/C16H21ClN2O3S2.C2HF3O2/c1-12(23-14-4-2-13(17)3-5-14)15(20)19-10-16(11-24(19,21)22)6-8-18-9-7-16;3-2(4,5)1(6)7/h2-5,12,18H,6-11H2,1H3;(H,6,7).